The summed E-state index contributed by atoms with van der Waals surface area (Å²) in [7, 11) is 1.64. The molecule has 0 aliphatic heterocycles. The van der Waals surface area contributed by atoms with Crippen molar-refractivity contribution < 1.29 is 4.79 Å². The molecule has 1 atom stereocenters. The first-order valence-electron chi connectivity index (χ1n) is 9.43. The highest BCUT2D eigenvalue weighted by molar-refractivity contribution is 5.94. The summed E-state index contributed by atoms with van der Waals surface area (Å²) in [5, 5.41) is 13.5. The Kier molecular flexibility index (Phi) is 8.35. The summed E-state index contributed by atoms with van der Waals surface area (Å²) in [6.07, 6.45) is 4.58. The molecule has 0 fully saturated rings. The van der Waals surface area contributed by atoms with Crippen LogP contribution in [0, 0.1) is 5.92 Å². The Bertz CT molecular complexity index is 726. The number of carbonyl (C=O) groups excluding carboxylic acids is 1. The zero-order valence-corrected chi connectivity index (χ0v) is 16.4. The van der Waals surface area contributed by atoms with E-state index in [0.29, 0.717) is 11.5 Å². The predicted molar refractivity (Wildman–Crippen MR) is 109 cm³/mol. The Morgan fingerprint density at radius 3 is 2.85 bits per heavy atom. The van der Waals surface area contributed by atoms with Gasteiger partial charge in [0, 0.05) is 51.2 Å². The van der Waals surface area contributed by atoms with E-state index in [9.17, 15) is 4.79 Å². The van der Waals surface area contributed by atoms with Crippen LogP contribution in [0.2, 0.25) is 0 Å². The maximum Gasteiger partial charge on any atom is 0.251 e. The van der Waals surface area contributed by atoms with Gasteiger partial charge >= 0.3 is 0 Å². The van der Waals surface area contributed by atoms with E-state index in [0.717, 1.165) is 44.1 Å². The topological polar surface area (TPSA) is 83.3 Å². The van der Waals surface area contributed by atoms with Gasteiger partial charge in [-0.15, -0.1) is 0 Å². The monoisotopic (exact) mass is 370 g/mol. The summed E-state index contributed by atoms with van der Waals surface area (Å²) in [5.41, 5.74) is 1.80. The summed E-state index contributed by atoms with van der Waals surface area (Å²) < 4.78 is 1.93. The molecule has 2 aromatic rings. The zero-order valence-electron chi connectivity index (χ0n) is 16.4. The van der Waals surface area contributed by atoms with Crippen LogP contribution < -0.4 is 16.0 Å². The number of carbonyl (C=O) groups is 1. The lowest BCUT2D eigenvalue weighted by molar-refractivity contribution is 0.0963. The SMILES string of the molecule is CCNC(=NCC(C)Cn1cccn1)NCCc1cccc(C(=O)NC)c1. The molecule has 1 amide bonds. The van der Waals surface area contributed by atoms with Crippen LogP contribution in [0.5, 0.6) is 0 Å². The van der Waals surface area contributed by atoms with Crippen LogP contribution in [-0.4, -0.2) is 48.3 Å². The summed E-state index contributed by atoms with van der Waals surface area (Å²) in [6, 6.07) is 9.63. The number of benzene rings is 1. The van der Waals surface area contributed by atoms with E-state index >= 15 is 0 Å². The Morgan fingerprint density at radius 1 is 1.30 bits per heavy atom. The highest BCUT2D eigenvalue weighted by atomic mass is 16.1. The number of aromatic nitrogens is 2. The molecule has 1 unspecified atom stereocenters. The second-order valence-corrected chi connectivity index (χ2v) is 6.51. The number of rotatable bonds is 9. The molecule has 3 N–H and O–H groups in total. The number of nitrogens with one attached hydrogen (secondary N) is 3. The Labute approximate surface area is 161 Å². The molecule has 0 saturated heterocycles. The second kappa shape index (κ2) is 11.0. The summed E-state index contributed by atoms with van der Waals surface area (Å²) >= 11 is 0. The van der Waals surface area contributed by atoms with Crippen molar-refractivity contribution in [3.8, 4) is 0 Å². The normalized spacial score (nSPS) is 12.5. The van der Waals surface area contributed by atoms with Crippen molar-refractivity contribution in [3.05, 3.63) is 53.9 Å². The average Bonchev–Trinajstić information content (AvgIpc) is 3.18. The van der Waals surface area contributed by atoms with Crippen molar-refractivity contribution >= 4 is 11.9 Å². The highest BCUT2D eigenvalue weighted by Crippen LogP contribution is 2.06. The van der Waals surface area contributed by atoms with Gasteiger partial charge in [0.2, 0.25) is 0 Å². The number of amides is 1. The number of guanidine groups is 1. The first kappa shape index (κ1) is 20.5. The van der Waals surface area contributed by atoms with E-state index < -0.39 is 0 Å². The second-order valence-electron chi connectivity index (χ2n) is 6.51. The van der Waals surface area contributed by atoms with E-state index in [1.165, 1.54) is 0 Å². The van der Waals surface area contributed by atoms with Crippen molar-refractivity contribution in [2.24, 2.45) is 10.9 Å². The van der Waals surface area contributed by atoms with E-state index in [2.05, 4.69) is 39.9 Å². The van der Waals surface area contributed by atoms with Crippen LogP contribution in [-0.2, 0) is 13.0 Å². The number of hydrogen-bond acceptors (Lipinski definition) is 3. The molecule has 0 aliphatic rings. The van der Waals surface area contributed by atoms with Crippen LogP contribution in [0.4, 0.5) is 0 Å². The maximum atomic E-state index is 11.7. The van der Waals surface area contributed by atoms with Crippen LogP contribution >= 0.6 is 0 Å². The third-order valence-electron chi connectivity index (χ3n) is 4.09. The molecule has 27 heavy (non-hydrogen) atoms. The minimum atomic E-state index is -0.0640. The van der Waals surface area contributed by atoms with Crippen molar-refractivity contribution in [1.82, 2.24) is 25.7 Å². The third kappa shape index (κ3) is 7.13. The number of nitrogens with zero attached hydrogens (tertiary/aromatic N) is 3. The predicted octanol–water partition coefficient (Wildman–Crippen LogP) is 1.68. The highest BCUT2D eigenvalue weighted by Gasteiger charge is 2.06. The first-order valence-corrected chi connectivity index (χ1v) is 9.43. The Balaban J connectivity index is 1.83. The molecule has 2 rings (SSSR count). The average molecular weight is 371 g/mol. The summed E-state index contributed by atoms with van der Waals surface area (Å²) in [5.74, 6) is 1.14. The molecule has 1 heterocycles. The fourth-order valence-electron chi connectivity index (χ4n) is 2.71. The number of aliphatic imine (C=N–C) groups is 1. The third-order valence-corrected chi connectivity index (χ3v) is 4.09. The lowest BCUT2D eigenvalue weighted by atomic mass is 10.1. The number of hydrogen-bond donors (Lipinski definition) is 3. The lowest BCUT2D eigenvalue weighted by Crippen LogP contribution is -2.38. The minimum absolute atomic E-state index is 0.0640. The van der Waals surface area contributed by atoms with Gasteiger partial charge in [0.05, 0.1) is 0 Å². The van der Waals surface area contributed by atoms with Crippen molar-refractivity contribution in [2.75, 3.05) is 26.7 Å². The molecule has 146 valence electrons. The molecule has 0 saturated carbocycles. The molecular weight excluding hydrogens is 340 g/mol. The van der Waals surface area contributed by atoms with Crippen molar-refractivity contribution in [2.45, 2.75) is 26.8 Å². The van der Waals surface area contributed by atoms with Crippen LogP contribution in [0.3, 0.4) is 0 Å². The van der Waals surface area contributed by atoms with Gasteiger partial charge in [-0.3, -0.25) is 14.5 Å². The van der Waals surface area contributed by atoms with E-state index in [1.54, 1.807) is 13.2 Å². The molecule has 7 nitrogen and oxygen atoms in total. The smallest absolute Gasteiger partial charge is 0.251 e. The molecule has 1 aromatic heterocycles. The van der Waals surface area contributed by atoms with Gasteiger partial charge in [0.1, 0.15) is 0 Å². The van der Waals surface area contributed by atoms with E-state index in [1.807, 2.05) is 41.2 Å². The lowest BCUT2D eigenvalue weighted by Gasteiger charge is -2.14. The van der Waals surface area contributed by atoms with Gasteiger partial charge in [-0.1, -0.05) is 19.1 Å². The maximum absolute atomic E-state index is 11.7. The molecule has 7 heteroatoms. The molecule has 0 spiro atoms. The largest absolute Gasteiger partial charge is 0.357 e. The molecule has 0 radical (unpaired) electrons. The van der Waals surface area contributed by atoms with E-state index in [4.69, 9.17) is 0 Å². The van der Waals surface area contributed by atoms with Gasteiger partial charge in [0.25, 0.3) is 5.91 Å². The first-order chi connectivity index (χ1) is 13.1. The van der Waals surface area contributed by atoms with Gasteiger partial charge < -0.3 is 16.0 Å². The molecule has 1 aromatic carbocycles. The van der Waals surface area contributed by atoms with Crippen molar-refractivity contribution in [1.29, 1.82) is 0 Å². The fourth-order valence-corrected chi connectivity index (χ4v) is 2.71. The summed E-state index contributed by atoms with van der Waals surface area (Å²) in [6.45, 7) is 7.35. The van der Waals surface area contributed by atoms with Crippen LogP contribution in [0.1, 0.15) is 29.8 Å². The molecule has 0 aliphatic carbocycles. The summed E-state index contributed by atoms with van der Waals surface area (Å²) in [4.78, 5) is 16.4. The van der Waals surface area contributed by atoms with Gasteiger partial charge in [-0.05, 0) is 43.0 Å². The van der Waals surface area contributed by atoms with Crippen LogP contribution in [0.15, 0.2) is 47.7 Å². The zero-order chi connectivity index (χ0) is 19.5. The standard InChI is InChI=1S/C20H30N6O/c1-4-22-20(24-14-16(2)15-26-12-6-10-25-26)23-11-9-17-7-5-8-18(13-17)19(27)21-3/h5-8,10,12-13,16H,4,9,11,14-15H2,1-3H3,(H,21,27)(H2,22,23,24). The quantitative estimate of drug-likeness (QED) is 0.463. The molecule has 0 bridgehead atoms. The van der Waals surface area contributed by atoms with Gasteiger partial charge in [-0.2, -0.15) is 5.10 Å². The fraction of sp³-hybridized carbons (Fsp3) is 0.450. The van der Waals surface area contributed by atoms with E-state index in [-0.39, 0.29) is 5.91 Å². The Morgan fingerprint density at radius 2 is 2.15 bits per heavy atom. The molecular formula is C20H30N6O. The Hall–Kier alpha value is -2.83. The van der Waals surface area contributed by atoms with Gasteiger partial charge in [0.15, 0.2) is 5.96 Å². The minimum Gasteiger partial charge on any atom is -0.357 e. The van der Waals surface area contributed by atoms with Crippen molar-refractivity contribution in [3.63, 3.8) is 0 Å². The van der Waals surface area contributed by atoms with Crippen LogP contribution in [0.25, 0.3) is 0 Å². The van der Waals surface area contributed by atoms with Gasteiger partial charge in [-0.25, -0.2) is 0 Å².